The van der Waals surface area contributed by atoms with Crippen LogP contribution in [-0.2, 0) is 16.2 Å². The Hall–Kier alpha value is -4.71. The fraction of sp³-hybridized carbons (Fsp3) is 0.148. The lowest BCUT2D eigenvalue weighted by molar-refractivity contribution is -0.384. The SMILES string of the molecule is CCOc1cc(C=C2SC(=O)N(CC(=O)Nc3ccc(F)cc3)C2=O)ccc1OCc1ccc([N+](=O)[O-])cc1. The Morgan fingerprint density at radius 2 is 1.77 bits per heavy atom. The molecule has 1 aliphatic rings. The van der Waals surface area contributed by atoms with Crippen molar-refractivity contribution in [1.82, 2.24) is 4.90 Å². The number of nitro groups is 1. The number of amides is 3. The van der Waals surface area contributed by atoms with Gasteiger partial charge in [0.25, 0.3) is 16.8 Å². The molecule has 0 aliphatic carbocycles. The second-order valence-electron chi connectivity index (χ2n) is 8.17. The maximum Gasteiger partial charge on any atom is 0.294 e. The number of rotatable bonds is 10. The minimum atomic E-state index is -0.615. The molecule has 3 aromatic rings. The number of imide groups is 1. The number of halogens is 1. The summed E-state index contributed by atoms with van der Waals surface area (Å²) in [7, 11) is 0. The van der Waals surface area contributed by atoms with Crippen LogP contribution in [0.15, 0.2) is 71.6 Å². The van der Waals surface area contributed by atoms with Gasteiger partial charge in [-0.15, -0.1) is 0 Å². The zero-order valence-electron chi connectivity index (χ0n) is 20.6. The lowest BCUT2D eigenvalue weighted by Crippen LogP contribution is -2.36. The second kappa shape index (κ2) is 12.2. The molecular formula is C27H22FN3O7S. The van der Waals surface area contributed by atoms with Crippen molar-refractivity contribution >= 4 is 46.3 Å². The van der Waals surface area contributed by atoms with Gasteiger partial charge in [0.1, 0.15) is 19.0 Å². The smallest absolute Gasteiger partial charge is 0.294 e. The van der Waals surface area contributed by atoms with Gasteiger partial charge in [-0.25, -0.2) is 4.39 Å². The molecule has 1 fully saturated rings. The standard InChI is InChI=1S/C27H22FN3O7S/c1-2-37-23-13-18(5-12-22(23)38-16-17-3-10-21(11-4-17)31(35)36)14-24-26(33)30(27(34)39-24)15-25(32)29-20-8-6-19(28)7-9-20/h3-14H,2,15-16H2,1H3,(H,29,32). The summed E-state index contributed by atoms with van der Waals surface area (Å²) in [6.45, 7) is 1.81. The largest absolute Gasteiger partial charge is 0.490 e. The maximum absolute atomic E-state index is 13.1. The minimum Gasteiger partial charge on any atom is -0.490 e. The fourth-order valence-electron chi connectivity index (χ4n) is 3.54. The molecule has 0 aromatic heterocycles. The predicted octanol–water partition coefficient (Wildman–Crippen LogP) is 5.39. The summed E-state index contributed by atoms with van der Waals surface area (Å²) in [5.41, 5.74) is 1.62. The van der Waals surface area contributed by atoms with Gasteiger partial charge in [-0.3, -0.25) is 29.4 Å². The molecule has 0 radical (unpaired) electrons. The normalized spacial score (nSPS) is 14.0. The average Bonchev–Trinajstić information content (AvgIpc) is 3.17. The van der Waals surface area contributed by atoms with Gasteiger partial charge in [0.15, 0.2) is 11.5 Å². The van der Waals surface area contributed by atoms with Crippen LogP contribution in [0.25, 0.3) is 6.08 Å². The van der Waals surface area contributed by atoms with E-state index >= 15 is 0 Å². The van der Waals surface area contributed by atoms with Crippen molar-refractivity contribution in [2.24, 2.45) is 0 Å². The lowest BCUT2D eigenvalue weighted by atomic mass is 10.1. The highest BCUT2D eigenvalue weighted by Crippen LogP contribution is 2.35. The molecule has 3 amide bonds. The molecule has 200 valence electrons. The number of nitro benzene ring substituents is 1. The predicted molar refractivity (Wildman–Crippen MR) is 143 cm³/mol. The number of thioether (sulfide) groups is 1. The summed E-state index contributed by atoms with van der Waals surface area (Å²) in [6, 6.07) is 16.1. The van der Waals surface area contributed by atoms with Crippen LogP contribution in [0.1, 0.15) is 18.1 Å². The van der Waals surface area contributed by atoms with Gasteiger partial charge in [-0.05, 0) is 84.4 Å². The summed E-state index contributed by atoms with van der Waals surface area (Å²) < 4.78 is 24.6. The van der Waals surface area contributed by atoms with Gasteiger partial charge in [0.2, 0.25) is 5.91 Å². The topological polar surface area (TPSA) is 128 Å². The van der Waals surface area contributed by atoms with Crippen molar-refractivity contribution in [3.05, 3.63) is 98.7 Å². The monoisotopic (exact) mass is 551 g/mol. The van der Waals surface area contributed by atoms with Crippen molar-refractivity contribution in [2.45, 2.75) is 13.5 Å². The Morgan fingerprint density at radius 3 is 2.44 bits per heavy atom. The van der Waals surface area contributed by atoms with Crippen molar-refractivity contribution in [3.8, 4) is 11.5 Å². The number of non-ortho nitro benzene ring substituents is 1. The van der Waals surface area contributed by atoms with Gasteiger partial charge < -0.3 is 14.8 Å². The Bertz CT molecular complexity index is 1440. The number of ether oxygens (including phenoxy) is 2. The Labute approximate surface area is 226 Å². The highest BCUT2D eigenvalue weighted by Gasteiger charge is 2.36. The molecule has 1 saturated heterocycles. The van der Waals surface area contributed by atoms with E-state index < -0.39 is 34.3 Å². The molecule has 1 aliphatic heterocycles. The molecule has 0 unspecified atom stereocenters. The van der Waals surface area contributed by atoms with Crippen molar-refractivity contribution in [2.75, 3.05) is 18.5 Å². The number of anilines is 1. The molecule has 12 heteroatoms. The second-order valence-corrected chi connectivity index (χ2v) is 9.17. The fourth-order valence-corrected chi connectivity index (χ4v) is 4.38. The number of benzene rings is 3. The number of nitrogens with zero attached hydrogens (tertiary/aromatic N) is 2. The number of carbonyl (C=O) groups excluding carboxylic acids is 3. The maximum atomic E-state index is 13.1. The Morgan fingerprint density at radius 1 is 1.05 bits per heavy atom. The highest BCUT2D eigenvalue weighted by molar-refractivity contribution is 8.18. The van der Waals surface area contributed by atoms with E-state index in [0.717, 1.165) is 10.5 Å². The Kier molecular flexibility index (Phi) is 8.56. The van der Waals surface area contributed by atoms with Crippen LogP contribution in [0.3, 0.4) is 0 Å². The van der Waals surface area contributed by atoms with Crippen LogP contribution in [0.4, 0.5) is 20.6 Å². The zero-order chi connectivity index (χ0) is 27.9. The third-order valence-corrected chi connectivity index (χ3v) is 6.32. The zero-order valence-corrected chi connectivity index (χ0v) is 21.4. The molecule has 0 atom stereocenters. The van der Waals surface area contributed by atoms with E-state index in [1.807, 2.05) is 0 Å². The number of hydrogen-bond donors (Lipinski definition) is 1. The third kappa shape index (κ3) is 6.99. The first-order valence-electron chi connectivity index (χ1n) is 11.7. The lowest BCUT2D eigenvalue weighted by Gasteiger charge is -2.13. The van der Waals surface area contributed by atoms with Crippen LogP contribution < -0.4 is 14.8 Å². The van der Waals surface area contributed by atoms with Crippen LogP contribution >= 0.6 is 11.8 Å². The molecular weight excluding hydrogens is 529 g/mol. The summed E-state index contributed by atoms with van der Waals surface area (Å²) in [4.78, 5) is 48.9. The van der Waals surface area contributed by atoms with Crippen molar-refractivity contribution < 1.29 is 33.2 Å². The van der Waals surface area contributed by atoms with E-state index in [2.05, 4.69) is 5.32 Å². The van der Waals surface area contributed by atoms with Gasteiger partial charge in [-0.2, -0.15) is 0 Å². The van der Waals surface area contributed by atoms with Crippen LogP contribution in [-0.4, -0.2) is 40.0 Å². The molecule has 0 saturated carbocycles. The van der Waals surface area contributed by atoms with Gasteiger partial charge in [-0.1, -0.05) is 6.07 Å². The van der Waals surface area contributed by atoms with Gasteiger partial charge >= 0.3 is 0 Å². The summed E-state index contributed by atoms with van der Waals surface area (Å²) in [6.07, 6.45) is 1.52. The molecule has 0 bridgehead atoms. The molecule has 0 spiro atoms. The van der Waals surface area contributed by atoms with E-state index in [0.29, 0.717) is 41.1 Å². The van der Waals surface area contributed by atoms with Crippen molar-refractivity contribution in [1.29, 1.82) is 0 Å². The summed E-state index contributed by atoms with van der Waals surface area (Å²) in [5.74, 6) is -0.835. The van der Waals surface area contributed by atoms with E-state index in [9.17, 15) is 28.9 Å². The number of hydrogen-bond acceptors (Lipinski definition) is 8. The minimum absolute atomic E-state index is 0.0176. The van der Waals surface area contributed by atoms with Crippen LogP contribution in [0, 0.1) is 15.9 Å². The molecule has 4 rings (SSSR count). The molecule has 39 heavy (non-hydrogen) atoms. The quantitative estimate of drug-likeness (QED) is 0.202. The molecule has 3 aromatic carbocycles. The Balaban J connectivity index is 1.43. The van der Waals surface area contributed by atoms with Crippen molar-refractivity contribution in [3.63, 3.8) is 0 Å². The van der Waals surface area contributed by atoms with Crippen LogP contribution in [0.2, 0.25) is 0 Å². The first kappa shape index (κ1) is 27.3. The molecule has 1 N–H and O–H groups in total. The van der Waals surface area contributed by atoms with E-state index in [4.69, 9.17) is 9.47 Å². The first-order valence-corrected chi connectivity index (χ1v) is 12.5. The first-order chi connectivity index (χ1) is 18.7. The number of nitrogens with one attached hydrogen (secondary N) is 1. The van der Waals surface area contributed by atoms with E-state index in [1.165, 1.54) is 42.5 Å². The number of carbonyl (C=O) groups is 3. The van der Waals surface area contributed by atoms with Crippen LogP contribution in [0.5, 0.6) is 11.5 Å². The highest BCUT2D eigenvalue weighted by atomic mass is 32.2. The molecule has 1 heterocycles. The molecule has 10 nitrogen and oxygen atoms in total. The van der Waals surface area contributed by atoms with E-state index in [-0.39, 0.29) is 17.2 Å². The summed E-state index contributed by atoms with van der Waals surface area (Å²) >= 11 is 0.710. The average molecular weight is 552 g/mol. The van der Waals surface area contributed by atoms with Gasteiger partial charge in [0.05, 0.1) is 16.4 Å². The van der Waals surface area contributed by atoms with Gasteiger partial charge in [0, 0.05) is 17.8 Å². The van der Waals surface area contributed by atoms with E-state index in [1.54, 1.807) is 37.3 Å². The summed E-state index contributed by atoms with van der Waals surface area (Å²) in [5, 5.41) is 12.8. The third-order valence-electron chi connectivity index (χ3n) is 5.41.